The number of pyridine rings is 1. The van der Waals surface area contributed by atoms with Crippen LogP contribution in [-0.2, 0) is 0 Å². The fourth-order valence-corrected chi connectivity index (χ4v) is 2.77. The number of aromatic nitrogens is 1. The Morgan fingerprint density at radius 2 is 2.24 bits per heavy atom. The lowest BCUT2D eigenvalue weighted by Crippen LogP contribution is -2.44. The summed E-state index contributed by atoms with van der Waals surface area (Å²) in [7, 11) is 0. The van der Waals surface area contributed by atoms with Crippen molar-refractivity contribution >= 4 is 21.8 Å². The summed E-state index contributed by atoms with van der Waals surface area (Å²) in [4.78, 5) is 18.3. The Hall–Kier alpha value is -0.900. The fourth-order valence-electron chi connectivity index (χ4n) is 2.40. The van der Waals surface area contributed by atoms with E-state index in [9.17, 15) is 4.79 Å². The first-order chi connectivity index (χ1) is 8.08. The van der Waals surface area contributed by atoms with Crippen molar-refractivity contribution in [1.29, 1.82) is 0 Å². The van der Waals surface area contributed by atoms with E-state index in [2.05, 4.69) is 34.8 Å². The number of hydrogen-bond acceptors (Lipinski definition) is 2. The van der Waals surface area contributed by atoms with Crippen LogP contribution in [-0.4, -0.2) is 28.4 Å². The van der Waals surface area contributed by atoms with Crippen molar-refractivity contribution in [3.05, 3.63) is 28.5 Å². The number of nitrogens with zero attached hydrogens (tertiary/aromatic N) is 2. The van der Waals surface area contributed by atoms with E-state index < -0.39 is 0 Å². The van der Waals surface area contributed by atoms with Gasteiger partial charge in [-0.15, -0.1) is 0 Å². The zero-order valence-corrected chi connectivity index (χ0v) is 11.8. The van der Waals surface area contributed by atoms with E-state index >= 15 is 0 Å². The van der Waals surface area contributed by atoms with E-state index in [1.54, 1.807) is 12.4 Å². The molecule has 0 bridgehead atoms. The predicted molar refractivity (Wildman–Crippen MR) is 70.8 cm³/mol. The molecule has 0 aromatic carbocycles. The second-order valence-electron chi connectivity index (χ2n) is 4.87. The third-order valence-electron chi connectivity index (χ3n) is 3.35. The Balaban J connectivity index is 2.15. The fraction of sp³-hybridized carbons (Fsp3) is 0.538. The minimum Gasteiger partial charge on any atom is -0.336 e. The molecular formula is C13H17BrN2O. The zero-order chi connectivity index (χ0) is 12.4. The van der Waals surface area contributed by atoms with Gasteiger partial charge in [-0.1, -0.05) is 6.92 Å². The molecule has 4 heteroatoms. The summed E-state index contributed by atoms with van der Waals surface area (Å²) in [6, 6.07) is 2.16. The van der Waals surface area contributed by atoms with Crippen LogP contribution in [0, 0.1) is 5.92 Å². The quantitative estimate of drug-likeness (QED) is 0.798. The molecule has 1 amide bonds. The lowest BCUT2D eigenvalue weighted by atomic mass is 9.93. The van der Waals surface area contributed by atoms with Crippen LogP contribution in [0.1, 0.15) is 37.0 Å². The Kier molecular flexibility index (Phi) is 3.82. The van der Waals surface area contributed by atoms with Gasteiger partial charge in [0.05, 0.1) is 5.56 Å². The summed E-state index contributed by atoms with van der Waals surface area (Å²) in [5.41, 5.74) is 0.667. The van der Waals surface area contributed by atoms with Crippen LogP contribution in [0.4, 0.5) is 0 Å². The Morgan fingerprint density at radius 1 is 1.47 bits per heavy atom. The highest BCUT2D eigenvalue weighted by Gasteiger charge is 2.27. The van der Waals surface area contributed by atoms with Crippen LogP contribution in [0.2, 0.25) is 0 Å². The largest absolute Gasteiger partial charge is 0.336 e. The van der Waals surface area contributed by atoms with E-state index in [0.717, 1.165) is 29.8 Å². The minimum absolute atomic E-state index is 0.0956. The number of rotatable bonds is 1. The zero-order valence-electron chi connectivity index (χ0n) is 10.2. The molecule has 1 aliphatic heterocycles. The molecule has 1 aliphatic rings. The highest BCUT2D eigenvalue weighted by atomic mass is 79.9. The van der Waals surface area contributed by atoms with Crippen LogP contribution in [0.5, 0.6) is 0 Å². The first kappa shape index (κ1) is 12.6. The highest BCUT2D eigenvalue weighted by molar-refractivity contribution is 9.10. The van der Waals surface area contributed by atoms with Gasteiger partial charge in [0.15, 0.2) is 0 Å². The van der Waals surface area contributed by atoms with Crippen LogP contribution >= 0.6 is 15.9 Å². The van der Waals surface area contributed by atoms with E-state index in [1.807, 2.05) is 11.0 Å². The molecule has 2 rings (SSSR count). The van der Waals surface area contributed by atoms with Gasteiger partial charge in [0.25, 0.3) is 5.91 Å². The number of piperidine rings is 1. The van der Waals surface area contributed by atoms with Gasteiger partial charge in [0.2, 0.25) is 0 Å². The van der Waals surface area contributed by atoms with Gasteiger partial charge in [0, 0.05) is 29.5 Å². The highest BCUT2D eigenvalue weighted by Crippen LogP contribution is 2.24. The topological polar surface area (TPSA) is 33.2 Å². The molecule has 3 nitrogen and oxygen atoms in total. The van der Waals surface area contributed by atoms with Gasteiger partial charge in [-0.25, -0.2) is 0 Å². The molecule has 0 radical (unpaired) electrons. The van der Waals surface area contributed by atoms with Gasteiger partial charge < -0.3 is 4.90 Å². The molecule has 2 heterocycles. The lowest BCUT2D eigenvalue weighted by Gasteiger charge is -2.36. The molecule has 2 atom stereocenters. The molecule has 2 unspecified atom stereocenters. The summed E-state index contributed by atoms with van der Waals surface area (Å²) in [6.07, 6.45) is 5.51. The maximum atomic E-state index is 12.3. The SMILES string of the molecule is CC1CCN(C(=O)c2cncc(Br)c2)C(C)C1. The molecule has 1 saturated heterocycles. The van der Waals surface area contributed by atoms with Crippen LogP contribution in [0.3, 0.4) is 0 Å². The number of hydrogen-bond donors (Lipinski definition) is 0. The molecule has 0 N–H and O–H groups in total. The molecule has 92 valence electrons. The van der Waals surface area contributed by atoms with Gasteiger partial charge >= 0.3 is 0 Å². The summed E-state index contributed by atoms with van der Waals surface area (Å²) in [5.74, 6) is 0.813. The molecule has 0 spiro atoms. The first-order valence-electron chi connectivity index (χ1n) is 5.99. The van der Waals surface area contributed by atoms with Gasteiger partial charge in [-0.2, -0.15) is 0 Å². The summed E-state index contributed by atoms with van der Waals surface area (Å²) < 4.78 is 0.849. The van der Waals surface area contributed by atoms with Crippen molar-refractivity contribution in [2.24, 2.45) is 5.92 Å². The monoisotopic (exact) mass is 296 g/mol. The minimum atomic E-state index is 0.0956. The Morgan fingerprint density at radius 3 is 2.88 bits per heavy atom. The van der Waals surface area contributed by atoms with Crippen LogP contribution in [0.25, 0.3) is 0 Å². The number of amides is 1. The van der Waals surface area contributed by atoms with E-state index in [1.165, 1.54) is 0 Å². The van der Waals surface area contributed by atoms with Crippen molar-refractivity contribution in [3.8, 4) is 0 Å². The average molecular weight is 297 g/mol. The standard InChI is InChI=1S/C13H17BrN2O/c1-9-3-4-16(10(2)5-9)13(17)11-6-12(14)8-15-7-11/h6-10H,3-5H2,1-2H3. The Bertz CT molecular complexity index is 422. The van der Waals surface area contributed by atoms with E-state index in [0.29, 0.717) is 11.6 Å². The smallest absolute Gasteiger partial charge is 0.255 e. The van der Waals surface area contributed by atoms with Crippen LogP contribution < -0.4 is 0 Å². The summed E-state index contributed by atoms with van der Waals surface area (Å²) in [5, 5.41) is 0. The third-order valence-corrected chi connectivity index (χ3v) is 3.78. The average Bonchev–Trinajstić information content (AvgIpc) is 2.28. The number of carbonyl (C=O) groups is 1. The summed E-state index contributed by atoms with van der Waals surface area (Å²) in [6.45, 7) is 5.23. The molecular weight excluding hydrogens is 280 g/mol. The second kappa shape index (κ2) is 5.17. The number of likely N-dealkylation sites (tertiary alicyclic amines) is 1. The molecule has 17 heavy (non-hydrogen) atoms. The van der Waals surface area contributed by atoms with Crippen LogP contribution in [0.15, 0.2) is 22.9 Å². The van der Waals surface area contributed by atoms with E-state index in [4.69, 9.17) is 0 Å². The molecule has 0 saturated carbocycles. The lowest BCUT2D eigenvalue weighted by molar-refractivity contribution is 0.0588. The summed E-state index contributed by atoms with van der Waals surface area (Å²) >= 11 is 3.35. The number of carbonyl (C=O) groups excluding carboxylic acids is 1. The van der Waals surface area contributed by atoms with Gasteiger partial charge in [0.1, 0.15) is 0 Å². The maximum Gasteiger partial charge on any atom is 0.255 e. The van der Waals surface area contributed by atoms with Gasteiger partial charge in [-0.3, -0.25) is 9.78 Å². The third kappa shape index (κ3) is 2.86. The molecule has 1 fully saturated rings. The van der Waals surface area contributed by atoms with Crippen molar-refractivity contribution in [2.75, 3.05) is 6.54 Å². The second-order valence-corrected chi connectivity index (χ2v) is 5.78. The maximum absolute atomic E-state index is 12.3. The molecule has 1 aromatic rings. The van der Waals surface area contributed by atoms with E-state index in [-0.39, 0.29) is 5.91 Å². The normalized spacial score (nSPS) is 24.8. The molecule has 0 aliphatic carbocycles. The van der Waals surface area contributed by atoms with Crippen molar-refractivity contribution in [2.45, 2.75) is 32.7 Å². The number of halogens is 1. The van der Waals surface area contributed by atoms with Gasteiger partial charge in [-0.05, 0) is 47.7 Å². The van der Waals surface area contributed by atoms with Crippen molar-refractivity contribution in [1.82, 2.24) is 9.88 Å². The van der Waals surface area contributed by atoms with Crippen molar-refractivity contribution in [3.63, 3.8) is 0 Å². The Labute approximate surface area is 110 Å². The molecule has 1 aromatic heterocycles. The van der Waals surface area contributed by atoms with Crippen molar-refractivity contribution < 1.29 is 4.79 Å². The predicted octanol–water partition coefficient (Wildman–Crippen LogP) is 3.10. The first-order valence-corrected chi connectivity index (χ1v) is 6.78.